The van der Waals surface area contributed by atoms with E-state index in [9.17, 15) is 13.2 Å². The lowest BCUT2D eigenvalue weighted by Gasteiger charge is -2.15. The average molecular weight is 233 g/mol. The third-order valence-corrected chi connectivity index (χ3v) is 1.91. The molecule has 1 aromatic carbocycles. The molecule has 0 radical (unpaired) electrons. The van der Waals surface area contributed by atoms with E-state index in [4.69, 9.17) is 4.74 Å². The van der Waals surface area contributed by atoms with Gasteiger partial charge >= 0.3 is 6.18 Å². The van der Waals surface area contributed by atoms with Gasteiger partial charge in [0, 0.05) is 5.69 Å². The minimum absolute atomic E-state index is 0.0226. The van der Waals surface area contributed by atoms with Crippen molar-refractivity contribution in [2.75, 3.05) is 12.0 Å². The highest BCUT2D eigenvalue weighted by atomic mass is 19.4. The third-order valence-electron chi connectivity index (χ3n) is 1.91. The number of anilines is 1. The maximum Gasteiger partial charge on any atom is 0.418 e. The summed E-state index contributed by atoms with van der Waals surface area (Å²) in [6.07, 6.45) is -4.37. The van der Waals surface area contributed by atoms with Crippen LogP contribution in [0.1, 0.15) is 19.4 Å². The Hall–Kier alpha value is -1.23. The number of rotatable bonds is 4. The molecule has 1 aromatic rings. The van der Waals surface area contributed by atoms with Crippen LogP contribution in [0.15, 0.2) is 24.3 Å². The van der Waals surface area contributed by atoms with Crippen molar-refractivity contribution >= 4 is 5.69 Å². The van der Waals surface area contributed by atoms with Gasteiger partial charge in [-0.15, -0.1) is 0 Å². The highest BCUT2D eigenvalue weighted by Crippen LogP contribution is 2.34. The zero-order valence-electron chi connectivity index (χ0n) is 9.14. The Morgan fingerprint density at radius 1 is 1.25 bits per heavy atom. The van der Waals surface area contributed by atoms with Crippen LogP contribution in [-0.2, 0) is 10.9 Å². The zero-order valence-corrected chi connectivity index (χ0v) is 9.14. The first-order valence-electron chi connectivity index (χ1n) is 4.93. The van der Waals surface area contributed by atoms with Crippen molar-refractivity contribution in [3.05, 3.63) is 29.8 Å². The predicted molar refractivity (Wildman–Crippen MR) is 56.2 cm³/mol. The van der Waals surface area contributed by atoms with E-state index >= 15 is 0 Å². The van der Waals surface area contributed by atoms with E-state index in [1.54, 1.807) is 6.07 Å². The Kier molecular flexibility index (Phi) is 4.18. The van der Waals surface area contributed by atoms with Crippen molar-refractivity contribution < 1.29 is 17.9 Å². The summed E-state index contributed by atoms with van der Waals surface area (Å²) in [5, 5.41) is 2.61. The predicted octanol–water partition coefficient (Wildman–Crippen LogP) is 3.50. The Bertz CT molecular complexity index is 336. The van der Waals surface area contributed by atoms with Crippen LogP contribution < -0.4 is 5.32 Å². The Labute approximate surface area is 92.4 Å². The molecule has 0 aliphatic rings. The van der Waals surface area contributed by atoms with Crippen molar-refractivity contribution in [2.24, 2.45) is 0 Å². The van der Waals surface area contributed by atoms with Gasteiger partial charge in [0.25, 0.3) is 0 Å². The molecular weight excluding hydrogens is 219 g/mol. The summed E-state index contributed by atoms with van der Waals surface area (Å²) in [7, 11) is 0. The zero-order chi connectivity index (χ0) is 12.2. The molecular formula is C11H14F3NO. The van der Waals surface area contributed by atoms with Crippen LogP contribution in [0, 0.1) is 0 Å². The largest absolute Gasteiger partial charge is 0.418 e. The molecule has 1 rings (SSSR count). The van der Waals surface area contributed by atoms with Gasteiger partial charge in [0.15, 0.2) is 0 Å². The number of nitrogens with one attached hydrogen (secondary N) is 1. The van der Waals surface area contributed by atoms with Gasteiger partial charge in [-0.1, -0.05) is 12.1 Å². The molecule has 1 N–H and O–H groups in total. The first-order valence-corrected chi connectivity index (χ1v) is 4.93. The summed E-state index contributed by atoms with van der Waals surface area (Å²) < 4.78 is 42.8. The van der Waals surface area contributed by atoms with Gasteiger partial charge in [0.2, 0.25) is 0 Å². The van der Waals surface area contributed by atoms with Crippen molar-refractivity contribution in [3.8, 4) is 0 Å². The van der Waals surface area contributed by atoms with E-state index in [1.807, 2.05) is 13.8 Å². The summed E-state index contributed by atoms with van der Waals surface area (Å²) in [5.74, 6) is 0. The Morgan fingerprint density at radius 2 is 1.88 bits per heavy atom. The molecule has 0 aliphatic carbocycles. The Balaban J connectivity index is 2.72. The van der Waals surface area contributed by atoms with E-state index in [0.717, 1.165) is 6.07 Å². The fourth-order valence-electron chi connectivity index (χ4n) is 1.17. The van der Waals surface area contributed by atoms with Gasteiger partial charge < -0.3 is 10.1 Å². The molecule has 0 heterocycles. The number of hydrogen-bond donors (Lipinski definition) is 1. The summed E-state index contributed by atoms with van der Waals surface area (Å²) in [4.78, 5) is 0. The molecule has 0 aromatic heterocycles. The van der Waals surface area contributed by atoms with Crippen LogP contribution in [0.2, 0.25) is 0 Å². The second-order valence-corrected chi connectivity index (χ2v) is 3.58. The molecule has 0 aliphatic heterocycles. The molecule has 0 bridgehead atoms. The smallest absolute Gasteiger partial charge is 0.362 e. The van der Waals surface area contributed by atoms with Gasteiger partial charge in [-0.2, -0.15) is 13.2 Å². The normalized spacial score (nSPS) is 11.9. The van der Waals surface area contributed by atoms with Crippen LogP contribution in [-0.4, -0.2) is 12.8 Å². The topological polar surface area (TPSA) is 21.3 Å². The van der Waals surface area contributed by atoms with Gasteiger partial charge in [-0.3, -0.25) is 0 Å². The van der Waals surface area contributed by atoms with E-state index in [1.165, 1.54) is 12.1 Å². The first-order chi connectivity index (χ1) is 7.41. The SMILES string of the molecule is CC(C)OCNc1ccccc1C(F)(F)F. The second kappa shape index (κ2) is 5.21. The van der Waals surface area contributed by atoms with Crippen molar-refractivity contribution in [1.82, 2.24) is 0 Å². The number of alkyl halides is 3. The van der Waals surface area contributed by atoms with Gasteiger partial charge in [-0.25, -0.2) is 0 Å². The van der Waals surface area contributed by atoms with Crippen molar-refractivity contribution in [2.45, 2.75) is 26.1 Å². The van der Waals surface area contributed by atoms with Crippen LogP contribution in [0.3, 0.4) is 0 Å². The molecule has 0 atom stereocenters. The van der Waals surface area contributed by atoms with Crippen molar-refractivity contribution in [1.29, 1.82) is 0 Å². The third kappa shape index (κ3) is 3.73. The summed E-state index contributed by atoms with van der Waals surface area (Å²) in [6.45, 7) is 3.69. The number of para-hydroxylation sites is 1. The summed E-state index contributed by atoms with van der Waals surface area (Å²) in [5.41, 5.74) is -0.641. The maximum atomic E-state index is 12.6. The fraction of sp³-hybridized carbons (Fsp3) is 0.455. The highest BCUT2D eigenvalue weighted by Gasteiger charge is 2.32. The number of benzene rings is 1. The van der Waals surface area contributed by atoms with E-state index in [-0.39, 0.29) is 18.5 Å². The number of ether oxygens (including phenoxy) is 1. The Morgan fingerprint density at radius 3 is 2.44 bits per heavy atom. The van der Waals surface area contributed by atoms with Gasteiger partial charge in [0.05, 0.1) is 11.7 Å². The molecule has 5 heteroatoms. The summed E-state index contributed by atoms with van der Waals surface area (Å²) >= 11 is 0. The molecule has 0 saturated carbocycles. The van der Waals surface area contributed by atoms with E-state index < -0.39 is 11.7 Å². The van der Waals surface area contributed by atoms with E-state index in [0.29, 0.717) is 0 Å². The molecule has 2 nitrogen and oxygen atoms in total. The van der Waals surface area contributed by atoms with Crippen molar-refractivity contribution in [3.63, 3.8) is 0 Å². The monoisotopic (exact) mass is 233 g/mol. The molecule has 0 spiro atoms. The highest BCUT2D eigenvalue weighted by molar-refractivity contribution is 5.52. The van der Waals surface area contributed by atoms with Crippen LogP contribution in [0.5, 0.6) is 0 Å². The van der Waals surface area contributed by atoms with Crippen LogP contribution >= 0.6 is 0 Å². The standard InChI is InChI=1S/C11H14F3NO/c1-8(2)16-7-15-10-6-4-3-5-9(10)11(12,13)14/h3-6,8,15H,7H2,1-2H3. The molecule has 16 heavy (non-hydrogen) atoms. The maximum absolute atomic E-state index is 12.6. The van der Waals surface area contributed by atoms with Crippen LogP contribution in [0.25, 0.3) is 0 Å². The average Bonchev–Trinajstić information content (AvgIpc) is 2.16. The second-order valence-electron chi connectivity index (χ2n) is 3.58. The first kappa shape index (κ1) is 12.8. The number of halogens is 3. The lowest BCUT2D eigenvalue weighted by molar-refractivity contribution is -0.137. The fourth-order valence-corrected chi connectivity index (χ4v) is 1.17. The van der Waals surface area contributed by atoms with E-state index in [2.05, 4.69) is 5.32 Å². The van der Waals surface area contributed by atoms with Gasteiger partial charge in [0.1, 0.15) is 6.73 Å². The van der Waals surface area contributed by atoms with Gasteiger partial charge in [-0.05, 0) is 26.0 Å². The molecule has 0 saturated heterocycles. The lowest BCUT2D eigenvalue weighted by atomic mass is 10.2. The minimum atomic E-state index is -4.35. The van der Waals surface area contributed by atoms with Crippen LogP contribution in [0.4, 0.5) is 18.9 Å². The molecule has 0 amide bonds. The molecule has 0 fully saturated rings. The quantitative estimate of drug-likeness (QED) is 0.803. The number of hydrogen-bond acceptors (Lipinski definition) is 2. The molecule has 0 unspecified atom stereocenters. The molecule has 90 valence electrons. The summed E-state index contributed by atoms with van der Waals surface area (Å²) in [6, 6.07) is 5.33. The minimum Gasteiger partial charge on any atom is -0.362 e. The lowest BCUT2D eigenvalue weighted by Crippen LogP contribution is -2.15.